The first-order chi connectivity index (χ1) is 10.1. The van der Waals surface area contributed by atoms with E-state index in [9.17, 15) is 9.18 Å². The molecule has 2 aromatic carbocycles. The molecule has 1 unspecified atom stereocenters. The molecule has 5 heteroatoms. The molecule has 0 radical (unpaired) electrons. The highest BCUT2D eigenvalue weighted by Crippen LogP contribution is 2.31. The number of hydrogen-bond acceptors (Lipinski definition) is 2. The molecule has 0 fully saturated rings. The lowest BCUT2D eigenvalue weighted by atomic mass is 9.96. The molecule has 0 spiro atoms. The van der Waals surface area contributed by atoms with Crippen LogP contribution in [0.4, 0.5) is 10.1 Å². The summed E-state index contributed by atoms with van der Waals surface area (Å²) < 4.78 is 14.1. The average Bonchev–Trinajstić information content (AvgIpc) is 2.83. The van der Waals surface area contributed by atoms with Gasteiger partial charge in [0.1, 0.15) is 5.82 Å². The molecule has 0 aliphatic carbocycles. The molecule has 3 nitrogen and oxygen atoms in total. The van der Waals surface area contributed by atoms with Gasteiger partial charge >= 0.3 is 0 Å². The first-order valence-electron chi connectivity index (χ1n) is 6.63. The lowest BCUT2D eigenvalue weighted by Crippen LogP contribution is -2.19. The van der Waals surface area contributed by atoms with Crippen LogP contribution in [0.2, 0.25) is 5.02 Å². The lowest BCUT2D eigenvalue weighted by Gasteiger charge is -2.19. The average molecular weight is 305 g/mol. The maximum Gasteiger partial charge on any atom is 0.228 e. The minimum Gasteiger partial charge on any atom is -0.326 e. The fourth-order valence-electron chi connectivity index (χ4n) is 2.67. The Morgan fingerprint density at radius 1 is 1.29 bits per heavy atom. The van der Waals surface area contributed by atoms with Crippen LogP contribution in [0.3, 0.4) is 0 Å². The molecule has 1 aliphatic rings. The Morgan fingerprint density at radius 2 is 2.10 bits per heavy atom. The van der Waals surface area contributed by atoms with Crippen LogP contribution >= 0.6 is 11.6 Å². The van der Waals surface area contributed by atoms with Crippen molar-refractivity contribution in [2.75, 3.05) is 12.4 Å². The first kappa shape index (κ1) is 14.0. The standard InChI is InChI=1S/C16H14ClFN2O/c1-19-16(12-8-11(17)3-4-13(12)18)9-2-5-14-10(6-9)7-15(21)20-14/h2-6,8,16,19H,7H2,1H3,(H,20,21). The SMILES string of the molecule is CNC(c1ccc2c(c1)CC(=O)N2)c1cc(Cl)ccc1F. The number of anilines is 1. The van der Waals surface area contributed by atoms with Crippen molar-refractivity contribution < 1.29 is 9.18 Å². The van der Waals surface area contributed by atoms with Crippen LogP contribution in [0.5, 0.6) is 0 Å². The van der Waals surface area contributed by atoms with Gasteiger partial charge in [0.15, 0.2) is 0 Å². The normalized spacial score (nSPS) is 14.7. The molecule has 1 aliphatic heterocycles. The Hall–Kier alpha value is -1.91. The highest BCUT2D eigenvalue weighted by molar-refractivity contribution is 6.30. The van der Waals surface area contributed by atoms with E-state index in [1.165, 1.54) is 12.1 Å². The predicted molar refractivity (Wildman–Crippen MR) is 81.1 cm³/mol. The highest BCUT2D eigenvalue weighted by atomic mass is 35.5. The van der Waals surface area contributed by atoms with E-state index in [-0.39, 0.29) is 17.8 Å². The van der Waals surface area contributed by atoms with Crippen molar-refractivity contribution in [3.05, 3.63) is 63.9 Å². The fraction of sp³-hybridized carbons (Fsp3) is 0.188. The minimum atomic E-state index is -0.315. The van der Waals surface area contributed by atoms with E-state index in [0.717, 1.165) is 16.8 Å². The third-order valence-electron chi connectivity index (χ3n) is 3.65. The van der Waals surface area contributed by atoms with Gasteiger partial charge in [-0.15, -0.1) is 0 Å². The van der Waals surface area contributed by atoms with Gasteiger partial charge in [-0.3, -0.25) is 4.79 Å². The van der Waals surface area contributed by atoms with Gasteiger partial charge in [-0.2, -0.15) is 0 Å². The number of amides is 1. The van der Waals surface area contributed by atoms with E-state index in [0.29, 0.717) is 17.0 Å². The number of carbonyl (C=O) groups excluding carboxylic acids is 1. The van der Waals surface area contributed by atoms with Crippen LogP contribution < -0.4 is 10.6 Å². The van der Waals surface area contributed by atoms with Crippen molar-refractivity contribution in [1.82, 2.24) is 5.32 Å². The molecule has 0 aromatic heterocycles. The number of rotatable bonds is 3. The molecule has 0 bridgehead atoms. The van der Waals surface area contributed by atoms with E-state index >= 15 is 0 Å². The van der Waals surface area contributed by atoms with Gasteiger partial charge in [0.25, 0.3) is 0 Å². The van der Waals surface area contributed by atoms with Crippen molar-refractivity contribution in [3.63, 3.8) is 0 Å². The van der Waals surface area contributed by atoms with Crippen molar-refractivity contribution in [2.24, 2.45) is 0 Å². The van der Waals surface area contributed by atoms with E-state index in [1.807, 2.05) is 18.2 Å². The number of nitrogens with one attached hydrogen (secondary N) is 2. The summed E-state index contributed by atoms with van der Waals surface area (Å²) in [5, 5.41) is 6.38. The summed E-state index contributed by atoms with van der Waals surface area (Å²) in [4.78, 5) is 11.4. The number of fused-ring (bicyclic) bond motifs is 1. The molecule has 1 atom stereocenters. The van der Waals surface area contributed by atoms with Crippen molar-refractivity contribution >= 4 is 23.2 Å². The zero-order chi connectivity index (χ0) is 15.0. The summed E-state index contributed by atoms with van der Waals surface area (Å²) in [5.41, 5.74) is 3.14. The molecule has 108 valence electrons. The maximum atomic E-state index is 14.1. The Balaban J connectivity index is 2.03. The topological polar surface area (TPSA) is 41.1 Å². The molecular weight excluding hydrogens is 291 g/mol. The molecule has 1 amide bonds. The second kappa shape index (κ2) is 5.47. The van der Waals surface area contributed by atoms with Gasteiger partial charge in [-0.1, -0.05) is 23.7 Å². The monoisotopic (exact) mass is 304 g/mol. The first-order valence-corrected chi connectivity index (χ1v) is 7.01. The third kappa shape index (κ3) is 2.64. The van der Waals surface area contributed by atoms with Crippen molar-refractivity contribution in [3.8, 4) is 0 Å². The van der Waals surface area contributed by atoms with Crippen LogP contribution in [0.25, 0.3) is 0 Å². The Bertz CT molecular complexity index is 717. The third-order valence-corrected chi connectivity index (χ3v) is 3.88. The van der Waals surface area contributed by atoms with Crippen LogP contribution in [0.1, 0.15) is 22.7 Å². The smallest absolute Gasteiger partial charge is 0.228 e. The molecule has 0 saturated carbocycles. The number of hydrogen-bond donors (Lipinski definition) is 2. The number of carbonyl (C=O) groups is 1. The van der Waals surface area contributed by atoms with E-state index in [1.54, 1.807) is 13.1 Å². The summed E-state index contributed by atoms with van der Waals surface area (Å²) in [6.07, 6.45) is 0.359. The molecule has 1 heterocycles. The number of halogens is 2. The predicted octanol–water partition coefficient (Wildman–Crippen LogP) is 3.28. The second-order valence-corrected chi connectivity index (χ2v) is 5.47. The van der Waals surface area contributed by atoms with Crippen LogP contribution in [0, 0.1) is 5.82 Å². The lowest BCUT2D eigenvalue weighted by molar-refractivity contribution is -0.115. The van der Waals surface area contributed by atoms with Crippen LogP contribution in [-0.4, -0.2) is 13.0 Å². The highest BCUT2D eigenvalue weighted by Gasteiger charge is 2.21. The van der Waals surface area contributed by atoms with Gasteiger partial charge in [0.05, 0.1) is 12.5 Å². The largest absolute Gasteiger partial charge is 0.326 e. The van der Waals surface area contributed by atoms with Crippen LogP contribution in [-0.2, 0) is 11.2 Å². The second-order valence-electron chi connectivity index (χ2n) is 5.03. The Labute approximate surface area is 127 Å². The molecule has 2 aromatic rings. The molecule has 0 saturated heterocycles. The quantitative estimate of drug-likeness (QED) is 0.913. The summed E-state index contributed by atoms with van der Waals surface area (Å²) in [7, 11) is 1.77. The Morgan fingerprint density at radius 3 is 2.86 bits per heavy atom. The van der Waals surface area contributed by atoms with Gasteiger partial charge < -0.3 is 10.6 Å². The van der Waals surface area contributed by atoms with Crippen molar-refractivity contribution in [1.29, 1.82) is 0 Å². The fourth-order valence-corrected chi connectivity index (χ4v) is 2.85. The maximum absolute atomic E-state index is 14.1. The van der Waals surface area contributed by atoms with E-state index in [2.05, 4.69) is 10.6 Å². The van der Waals surface area contributed by atoms with Gasteiger partial charge in [0, 0.05) is 16.3 Å². The molecule has 21 heavy (non-hydrogen) atoms. The van der Waals surface area contributed by atoms with Gasteiger partial charge in [-0.05, 0) is 42.4 Å². The Kier molecular flexibility index (Phi) is 3.66. The van der Waals surface area contributed by atoms with Gasteiger partial charge in [0.2, 0.25) is 5.91 Å². The molecule has 2 N–H and O–H groups in total. The summed E-state index contributed by atoms with van der Waals surface area (Å²) >= 11 is 5.97. The zero-order valence-electron chi connectivity index (χ0n) is 11.4. The van der Waals surface area contributed by atoms with E-state index in [4.69, 9.17) is 11.6 Å². The summed E-state index contributed by atoms with van der Waals surface area (Å²) in [6, 6.07) is 9.85. The molecule has 3 rings (SSSR count). The minimum absolute atomic E-state index is 0.0166. The number of benzene rings is 2. The summed E-state index contributed by atoms with van der Waals surface area (Å²) in [6.45, 7) is 0. The summed E-state index contributed by atoms with van der Waals surface area (Å²) in [5.74, 6) is -0.328. The van der Waals surface area contributed by atoms with Crippen LogP contribution in [0.15, 0.2) is 36.4 Å². The van der Waals surface area contributed by atoms with Crippen molar-refractivity contribution in [2.45, 2.75) is 12.5 Å². The molecular formula is C16H14ClFN2O. The van der Waals surface area contributed by atoms with Gasteiger partial charge in [-0.25, -0.2) is 4.39 Å². The van der Waals surface area contributed by atoms with E-state index < -0.39 is 0 Å². The zero-order valence-corrected chi connectivity index (χ0v) is 12.2.